The van der Waals surface area contributed by atoms with Gasteiger partial charge in [0, 0.05) is 12.6 Å². The fourth-order valence-electron chi connectivity index (χ4n) is 0.910. The summed E-state index contributed by atoms with van der Waals surface area (Å²) < 4.78 is 23.8. The summed E-state index contributed by atoms with van der Waals surface area (Å²) in [6.07, 6.45) is -3.48. The zero-order valence-electron chi connectivity index (χ0n) is 8.01. The molecule has 0 spiro atoms. The van der Waals surface area contributed by atoms with Crippen LogP contribution in [0.2, 0.25) is 0 Å². The zero-order chi connectivity index (χ0) is 12.1. The highest BCUT2D eigenvalue weighted by atomic mass is 19.3. The first kappa shape index (κ1) is 12.2. The van der Waals surface area contributed by atoms with Crippen LogP contribution >= 0.6 is 0 Å². The van der Waals surface area contributed by atoms with E-state index in [1.54, 1.807) is 0 Å². The maximum absolute atomic E-state index is 11.9. The van der Waals surface area contributed by atoms with Gasteiger partial charge in [-0.05, 0) is 16.0 Å². The van der Waals surface area contributed by atoms with Crippen molar-refractivity contribution in [1.82, 2.24) is 4.98 Å². The molecule has 1 aromatic heterocycles. The van der Waals surface area contributed by atoms with Gasteiger partial charge in [-0.15, -0.1) is 0 Å². The number of alkyl halides is 2. The molecule has 1 atom stereocenters. The number of hydrogen-bond acceptors (Lipinski definition) is 5. The predicted octanol–water partition coefficient (Wildman–Crippen LogP) is 1.03. The molecule has 0 radical (unpaired) electrons. The standard InChI is InChI=1S/C8H9F2N3O3/c9-8(10)6(14)4-11-5-1-2-7(12-3-5)13(15)16/h1-3,6,8,11,14H,4H2. The molecule has 16 heavy (non-hydrogen) atoms. The van der Waals surface area contributed by atoms with E-state index in [0.717, 1.165) is 12.3 Å². The molecule has 0 saturated carbocycles. The van der Waals surface area contributed by atoms with Crippen molar-refractivity contribution in [3.63, 3.8) is 0 Å². The van der Waals surface area contributed by atoms with Crippen LogP contribution < -0.4 is 5.32 Å². The van der Waals surface area contributed by atoms with Crippen molar-refractivity contribution >= 4 is 11.5 Å². The second-order valence-corrected chi connectivity index (χ2v) is 2.94. The SMILES string of the molecule is O=[N+]([O-])c1ccc(NCC(O)C(F)F)cn1. The topological polar surface area (TPSA) is 88.3 Å². The Morgan fingerprint density at radius 3 is 2.69 bits per heavy atom. The van der Waals surface area contributed by atoms with Crippen molar-refractivity contribution in [2.24, 2.45) is 0 Å². The van der Waals surface area contributed by atoms with Gasteiger partial charge in [0.25, 0.3) is 6.43 Å². The molecule has 1 rings (SSSR count). The van der Waals surface area contributed by atoms with Crippen molar-refractivity contribution in [2.45, 2.75) is 12.5 Å². The average Bonchev–Trinajstić information content (AvgIpc) is 2.26. The minimum atomic E-state index is -2.83. The van der Waals surface area contributed by atoms with Crippen LogP contribution in [0.1, 0.15) is 0 Å². The van der Waals surface area contributed by atoms with Gasteiger partial charge >= 0.3 is 5.82 Å². The Kier molecular flexibility index (Phi) is 4.06. The Hall–Kier alpha value is -1.83. The molecular formula is C8H9F2N3O3. The number of nitrogens with one attached hydrogen (secondary N) is 1. The van der Waals surface area contributed by atoms with Crippen LogP contribution in [-0.2, 0) is 0 Å². The molecule has 0 fully saturated rings. The molecule has 2 N–H and O–H groups in total. The minimum Gasteiger partial charge on any atom is -0.385 e. The molecule has 0 aromatic carbocycles. The molecule has 0 aliphatic rings. The van der Waals surface area contributed by atoms with Gasteiger partial charge in [0.05, 0.1) is 5.69 Å². The van der Waals surface area contributed by atoms with Gasteiger partial charge < -0.3 is 20.5 Å². The molecule has 6 nitrogen and oxygen atoms in total. The van der Waals surface area contributed by atoms with E-state index >= 15 is 0 Å². The van der Waals surface area contributed by atoms with Gasteiger partial charge in [0.2, 0.25) is 0 Å². The number of aliphatic hydroxyl groups is 1. The normalized spacial score (nSPS) is 12.5. The van der Waals surface area contributed by atoms with Crippen LogP contribution in [0.15, 0.2) is 18.3 Å². The minimum absolute atomic E-state index is 0.324. The van der Waals surface area contributed by atoms with Crippen LogP contribution in [-0.4, -0.2) is 34.1 Å². The number of nitro groups is 1. The van der Waals surface area contributed by atoms with Crippen molar-refractivity contribution in [3.05, 3.63) is 28.4 Å². The molecule has 0 saturated heterocycles. The summed E-state index contributed by atoms with van der Waals surface area (Å²) in [5, 5.41) is 21.5. The number of rotatable bonds is 5. The van der Waals surface area contributed by atoms with E-state index in [9.17, 15) is 18.9 Å². The van der Waals surface area contributed by atoms with E-state index in [0.29, 0.717) is 5.69 Å². The number of pyridine rings is 1. The summed E-state index contributed by atoms with van der Waals surface area (Å²) in [4.78, 5) is 13.1. The summed E-state index contributed by atoms with van der Waals surface area (Å²) in [5.41, 5.74) is 0.324. The quantitative estimate of drug-likeness (QED) is 0.585. The van der Waals surface area contributed by atoms with E-state index in [1.165, 1.54) is 6.07 Å². The summed E-state index contributed by atoms with van der Waals surface area (Å²) >= 11 is 0. The maximum Gasteiger partial charge on any atom is 0.363 e. The van der Waals surface area contributed by atoms with Crippen molar-refractivity contribution in [3.8, 4) is 0 Å². The third kappa shape index (κ3) is 3.39. The van der Waals surface area contributed by atoms with Gasteiger partial charge in [0.1, 0.15) is 6.10 Å². The Morgan fingerprint density at radius 2 is 2.25 bits per heavy atom. The lowest BCUT2D eigenvalue weighted by atomic mass is 10.3. The number of halogens is 2. The lowest BCUT2D eigenvalue weighted by Crippen LogP contribution is -2.26. The monoisotopic (exact) mass is 233 g/mol. The zero-order valence-corrected chi connectivity index (χ0v) is 8.01. The number of hydrogen-bond donors (Lipinski definition) is 2. The van der Waals surface area contributed by atoms with Gasteiger partial charge in [-0.25, -0.2) is 8.78 Å². The van der Waals surface area contributed by atoms with E-state index in [4.69, 9.17) is 5.11 Å². The Morgan fingerprint density at radius 1 is 1.56 bits per heavy atom. The van der Waals surface area contributed by atoms with E-state index < -0.39 is 17.5 Å². The molecule has 1 unspecified atom stereocenters. The van der Waals surface area contributed by atoms with Crippen molar-refractivity contribution in [2.75, 3.05) is 11.9 Å². The molecular weight excluding hydrogens is 224 g/mol. The first-order valence-electron chi connectivity index (χ1n) is 4.31. The third-order valence-corrected chi connectivity index (χ3v) is 1.74. The lowest BCUT2D eigenvalue weighted by molar-refractivity contribution is -0.389. The Labute approximate surface area is 89.1 Å². The predicted molar refractivity (Wildman–Crippen MR) is 51.4 cm³/mol. The molecule has 0 amide bonds. The highest BCUT2D eigenvalue weighted by Gasteiger charge is 2.16. The highest BCUT2D eigenvalue weighted by Crippen LogP contribution is 2.11. The summed E-state index contributed by atoms with van der Waals surface area (Å²) in [6.45, 7) is -0.350. The molecule has 1 heterocycles. The molecule has 0 bridgehead atoms. The largest absolute Gasteiger partial charge is 0.385 e. The number of nitrogens with zero attached hydrogens (tertiary/aromatic N) is 2. The van der Waals surface area contributed by atoms with Gasteiger partial charge in [-0.3, -0.25) is 0 Å². The van der Waals surface area contributed by atoms with Crippen LogP contribution in [0.4, 0.5) is 20.3 Å². The van der Waals surface area contributed by atoms with Crippen molar-refractivity contribution < 1.29 is 18.8 Å². The fourth-order valence-corrected chi connectivity index (χ4v) is 0.910. The van der Waals surface area contributed by atoms with Gasteiger partial charge in [-0.1, -0.05) is 0 Å². The number of aliphatic hydroxyl groups excluding tert-OH is 1. The molecule has 0 aliphatic carbocycles. The highest BCUT2D eigenvalue weighted by molar-refractivity contribution is 5.43. The molecule has 1 aromatic rings. The number of anilines is 1. The van der Waals surface area contributed by atoms with Gasteiger partial charge in [-0.2, -0.15) is 0 Å². The lowest BCUT2D eigenvalue weighted by Gasteiger charge is -2.10. The van der Waals surface area contributed by atoms with Crippen LogP contribution in [0, 0.1) is 10.1 Å². The third-order valence-electron chi connectivity index (χ3n) is 1.74. The van der Waals surface area contributed by atoms with Crippen LogP contribution in [0.5, 0.6) is 0 Å². The Balaban J connectivity index is 2.53. The van der Waals surface area contributed by atoms with E-state index in [-0.39, 0.29) is 12.4 Å². The van der Waals surface area contributed by atoms with E-state index in [1.807, 2.05) is 0 Å². The summed E-state index contributed by atoms with van der Waals surface area (Å²) in [6, 6.07) is 2.46. The Bertz CT molecular complexity index is 358. The fraction of sp³-hybridized carbons (Fsp3) is 0.375. The van der Waals surface area contributed by atoms with E-state index in [2.05, 4.69) is 10.3 Å². The van der Waals surface area contributed by atoms with Gasteiger partial charge in [0.15, 0.2) is 6.20 Å². The molecule has 88 valence electrons. The first-order valence-corrected chi connectivity index (χ1v) is 4.31. The van der Waals surface area contributed by atoms with Crippen LogP contribution in [0.3, 0.4) is 0 Å². The molecule has 8 heteroatoms. The summed E-state index contributed by atoms with van der Waals surface area (Å²) in [5.74, 6) is -0.333. The van der Waals surface area contributed by atoms with Crippen molar-refractivity contribution in [1.29, 1.82) is 0 Å². The first-order chi connectivity index (χ1) is 7.50. The second-order valence-electron chi connectivity index (χ2n) is 2.94. The average molecular weight is 233 g/mol. The smallest absolute Gasteiger partial charge is 0.363 e. The summed E-state index contributed by atoms with van der Waals surface area (Å²) in [7, 11) is 0. The maximum atomic E-state index is 11.9. The second kappa shape index (κ2) is 5.31. The van der Waals surface area contributed by atoms with Crippen LogP contribution in [0.25, 0.3) is 0 Å². The number of aromatic nitrogens is 1. The molecule has 0 aliphatic heterocycles.